The number of hydrogen-bond acceptors (Lipinski definition) is 2. The molecule has 0 spiro atoms. The monoisotopic (exact) mass is 195 g/mol. The van der Waals surface area contributed by atoms with Crippen molar-refractivity contribution in [3.05, 3.63) is 30.2 Å². The highest BCUT2D eigenvalue weighted by Crippen LogP contribution is 2.06. The van der Waals surface area contributed by atoms with Crippen molar-refractivity contribution in [2.24, 2.45) is 0 Å². The van der Waals surface area contributed by atoms with Crippen LogP contribution in [0.4, 0.5) is 0 Å². The number of allylic oxidation sites excluding steroid dienone is 3. The van der Waals surface area contributed by atoms with Gasteiger partial charge in [0.2, 0.25) is 0 Å². The molecule has 2 nitrogen and oxygen atoms in total. The van der Waals surface area contributed by atoms with Gasteiger partial charge >= 0.3 is 5.97 Å². The third kappa shape index (κ3) is 7.59. The number of hydrogen-bond donors (Lipinski definition) is 0. The Morgan fingerprint density at radius 3 is 2.50 bits per heavy atom. The van der Waals surface area contributed by atoms with Crippen molar-refractivity contribution in [2.75, 3.05) is 6.61 Å². The van der Waals surface area contributed by atoms with E-state index in [0.29, 0.717) is 0 Å². The van der Waals surface area contributed by atoms with Gasteiger partial charge in [-0.2, -0.15) is 0 Å². The van der Waals surface area contributed by atoms with E-state index >= 15 is 0 Å². The Kier molecular flexibility index (Phi) is 6.81. The third-order valence-electron chi connectivity index (χ3n) is 1.70. The van der Waals surface area contributed by atoms with Crippen molar-refractivity contribution in [3.63, 3.8) is 0 Å². The van der Waals surface area contributed by atoms with Crippen LogP contribution in [0.5, 0.6) is 0 Å². The SMILES string of the molecule is [CH2]COC(=O)/C=C(\C)CCC=C(C)C. The maximum Gasteiger partial charge on any atom is 0.330 e. The van der Waals surface area contributed by atoms with Crippen LogP contribution in [0.3, 0.4) is 0 Å². The van der Waals surface area contributed by atoms with Crippen LogP contribution in [0.2, 0.25) is 0 Å². The Morgan fingerprint density at radius 1 is 1.36 bits per heavy atom. The summed E-state index contributed by atoms with van der Waals surface area (Å²) in [6.45, 7) is 9.69. The van der Waals surface area contributed by atoms with E-state index in [2.05, 4.69) is 26.8 Å². The third-order valence-corrected chi connectivity index (χ3v) is 1.70. The molecule has 14 heavy (non-hydrogen) atoms. The number of carbonyl (C=O) groups is 1. The predicted molar refractivity (Wildman–Crippen MR) is 58.7 cm³/mol. The maximum atomic E-state index is 11.0. The van der Waals surface area contributed by atoms with E-state index in [9.17, 15) is 4.79 Å². The molecule has 0 fully saturated rings. The van der Waals surface area contributed by atoms with Gasteiger partial charge in [0.25, 0.3) is 0 Å². The number of carbonyl (C=O) groups excluding carboxylic acids is 1. The van der Waals surface area contributed by atoms with Crippen LogP contribution >= 0.6 is 0 Å². The molecule has 0 aromatic rings. The molecule has 1 radical (unpaired) electrons. The Hall–Kier alpha value is -1.05. The zero-order chi connectivity index (χ0) is 11.0. The standard InChI is InChI=1S/C12H19O2/c1-5-14-12(13)9-11(4)8-6-7-10(2)3/h7,9H,1,5-6,8H2,2-4H3/b11-9+. The fourth-order valence-electron chi connectivity index (χ4n) is 1.00. The summed E-state index contributed by atoms with van der Waals surface area (Å²) in [4.78, 5) is 11.0. The second-order valence-corrected chi connectivity index (χ2v) is 3.48. The molecule has 0 amide bonds. The van der Waals surface area contributed by atoms with Gasteiger partial charge in [-0.25, -0.2) is 4.79 Å². The van der Waals surface area contributed by atoms with Gasteiger partial charge < -0.3 is 4.74 Å². The van der Waals surface area contributed by atoms with Gasteiger partial charge in [0, 0.05) is 6.08 Å². The van der Waals surface area contributed by atoms with E-state index in [4.69, 9.17) is 4.74 Å². The van der Waals surface area contributed by atoms with E-state index in [1.165, 1.54) is 11.6 Å². The average Bonchev–Trinajstić information content (AvgIpc) is 2.03. The van der Waals surface area contributed by atoms with Gasteiger partial charge in [-0.3, -0.25) is 0 Å². The highest BCUT2D eigenvalue weighted by atomic mass is 16.5. The normalized spacial score (nSPS) is 11.0. The molecule has 0 aliphatic rings. The van der Waals surface area contributed by atoms with E-state index < -0.39 is 0 Å². The zero-order valence-corrected chi connectivity index (χ0v) is 9.30. The topological polar surface area (TPSA) is 26.3 Å². The molecule has 0 aliphatic carbocycles. The summed E-state index contributed by atoms with van der Waals surface area (Å²) >= 11 is 0. The summed E-state index contributed by atoms with van der Waals surface area (Å²) in [6.07, 6.45) is 5.56. The van der Waals surface area contributed by atoms with Crippen LogP contribution in [0, 0.1) is 6.92 Å². The highest BCUT2D eigenvalue weighted by molar-refractivity contribution is 5.82. The van der Waals surface area contributed by atoms with Crippen molar-refractivity contribution in [1.29, 1.82) is 0 Å². The molecule has 0 rings (SSSR count). The van der Waals surface area contributed by atoms with Crippen molar-refractivity contribution >= 4 is 5.97 Å². The smallest absolute Gasteiger partial charge is 0.330 e. The van der Waals surface area contributed by atoms with Gasteiger partial charge in [0.1, 0.15) is 0 Å². The molecule has 2 heteroatoms. The van der Waals surface area contributed by atoms with Gasteiger partial charge in [-0.15, -0.1) is 0 Å². The summed E-state index contributed by atoms with van der Waals surface area (Å²) in [5.74, 6) is -0.297. The number of rotatable bonds is 5. The Labute approximate surface area is 86.6 Å². The van der Waals surface area contributed by atoms with Crippen molar-refractivity contribution in [3.8, 4) is 0 Å². The molecule has 0 unspecified atom stereocenters. The lowest BCUT2D eigenvalue weighted by Crippen LogP contribution is -2.00. The molecule has 0 aliphatic heterocycles. The zero-order valence-electron chi connectivity index (χ0n) is 9.30. The fourth-order valence-corrected chi connectivity index (χ4v) is 1.00. The minimum Gasteiger partial charge on any atom is -0.463 e. The van der Waals surface area contributed by atoms with Crippen LogP contribution in [-0.4, -0.2) is 12.6 Å². The van der Waals surface area contributed by atoms with Crippen molar-refractivity contribution in [1.82, 2.24) is 0 Å². The summed E-state index contributed by atoms with van der Waals surface area (Å²) in [5, 5.41) is 0. The Bertz CT molecular complexity index is 233. The molecule has 0 aromatic carbocycles. The summed E-state index contributed by atoms with van der Waals surface area (Å²) in [7, 11) is 0. The van der Waals surface area contributed by atoms with E-state index in [0.717, 1.165) is 18.4 Å². The average molecular weight is 195 g/mol. The minimum absolute atomic E-state index is 0.191. The van der Waals surface area contributed by atoms with Gasteiger partial charge in [-0.05, 0) is 40.5 Å². The molecule has 0 saturated heterocycles. The number of esters is 1. The van der Waals surface area contributed by atoms with Crippen LogP contribution in [0.15, 0.2) is 23.3 Å². The first-order valence-electron chi connectivity index (χ1n) is 4.82. The lowest BCUT2D eigenvalue weighted by atomic mass is 10.1. The second-order valence-electron chi connectivity index (χ2n) is 3.48. The van der Waals surface area contributed by atoms with Gasteiger partial charge in [0.15, 0.2) is 0 Å². The van der Waals surface area contributed by atoms with Crippen molar-refractivity contribution in [2.45, 2.75) is 33.6 Å². The van der Waals surface area contributed by atoms with E-state index in [-0.39, 0.29) is 12.6 Å². The lowest BCUT2D eigenvalue weighted by molar-refractivity contribution is -0.136. The molecule has 0 heterocycles. The van der Waals surface area contributed by atoms with E-state index in [1.807, 2.05) is 6.92 Å². The van der Waals surface area contributed by atoms with Gasteiger partial charge in [-0.1, -0.05) is 17.2 Å². The molecule has 0 N–H and O–H groups in total. The number of ether oxygens (including phenoxy) is 1. The molecular formula is C12H19O2. The molecular weight excluding hydrogens is 176 g/mol. The fraction of sp³-hybridized carbons (Fsp3) is 0.500. The lowest BCUT2D eigenvalue weighted by Gasteiger charge is -1.99. The highest BCUT2D eigenvalue weighted by Gasteiger charge is 1.96. The minimum atomic E-state index is -0.297. The summed E-state index contributed by atoms with van der Waals surface area (Å²) in [6, 6.07) is 0. The first kappa shape index (κ1) is 12.9. The van der Waals surface area contributed by atoms with Gasteiger partial charge in [0.05, 0.1) is 6.61 Å². The molecule has 0 bridgehead atoms. The molecule has 79 valence electrons. The van der Waals surface area contributed by atoms with Crippen molar-refractivity contribution < 1.29 is 9.53 Å². The van der Waals surface area contributed by atoms with Crippen LogP contribution in [-0.2, 0) is 9.53 Å². The first-order chi connectivity index (χ1) is 6.56. The summed E-state index contributed by atoms with van der Waals surface area (Å²) in [5.41, 5.74) is 2.35. The molecule has 0 aromatic heterocycles. The predicted octanol–water partition coefficient (Wildman–Crippen LogP) is 3.06. The summed E-state index contributed by atoms with van der Waals surface area (Å²) < 4.78 is 4.70. The maximum absolute atomic E-state index is 11.0. The molecule has 0 saturated carbocycles. The Morgan fingerprint density at radius 2 is 2.00 bits per heavy atom. The quantitative estimate of drug-likeness (QED) is 0.383. The molecule has 0 atom stereocenters. The van der Waals surface area contributed by atoms with E-state index in [1.54, 1.807) is 0 Å². The van der Waals surface area contributed by atoms with Crippen LogP contribution in [0.1, 0.15) is 33.6 Å². The largest absolute Gasteiger partial charge is 0.463 e. The van der Waals surface area contributed by atoms with Crippen LogP contribution in [0.25, 0.3) is 0 Å². The second kappa shape index (κ2) is 7.36. The van der Waals surface area contributed by atoms with Crippen LogP contribution < -0.4 is 0 Å². The Balaban J connectivity index is 3.89. The first-order valence-corrected chi connectivity index (χ1v) is 4.82.